The lowest BCUT2D eigenvalue weighted by molar-refractivity contribution is 0.0984. The number of rotatable bonds is 3. The Kier molecular flexibility index (Phi) is 3.84. The van der Waals surface area contributed by atoms with Crippen LogP contribution in [-0.4, -0.2) is 29.2 Å². The molecule has 2 N–H and O–H groups in total. The van der Waals surface area contributed by atoms with Crippen LogP contribution in [0.3, 0.4) is 0 Å². The molecule has 1 aliphatic rings. The zero-order valence-electron chi connectivity index (χ0n) is 11.1. The Bertz CT molecular complexity index is 355. The van der Waals surface area contributed by atoms with Crippen molar-refractivity contribution in [1.82, 2.24) is 10.1 Å². The van der Waals surface area contributed by atoms with Gasteiger partial charge >= 0.3 is 0 Å². The lowest BCUT2D eigenvalue weighted by Crippen LogP contribution is -2.48. The van der Waals surface area contributed by atoms with Gasteiger partial charge in [-0.1, -0.05) is 12.1 Å². The Labute approximate surface area is 103 Å². The molecular formula is C13H23N3O. The summed E-state index contributed by atoms with van der Waals surface area (Å²) in [4.78, 5) is 2.49. The highest BCUT2D eigenvalue weighted by atomic mass is 16.5. The van der Waals surface area contributed by atoms with E-state index in [9.17, 15) is 0 Å². The molecule has 1 aromatic rings. The molecule has 1 saturated heterocycles. The van der Waals surface area contributed by atoms with Crippen molar-refractivity contribution in [3.63, 3.8) is 0 Å². The molecule has 0 radical (unpaired) electrons. The first-order chi connectivity index (χ1) is 8.13. The normalized spacial score (nSPS) is 26.4. The van der Waals surface area contributed by atoms with Crippen LogP contribution in [0.2, 0.25) is 0 Å². The fourth-order valence-electron chi connectivity index (χ4n) is 2.84. The molecule has 0 aromatic carbocycles. The standard InChI is InChI=1S/C13H23N3O/c1-9-5-4-6-16(13(9)7-14)8-12-10(2)15-17-11(12)3/h9,13H,4-8,14H2,1-3H3. The van der Waals surface area contributed by atoms with Gasteiger partial charge in [0.15, 0.2) is 0 Å². The Morgan fingerprint density at radius 1 is 1.47 bits per heavy atom. The molecule has 1 fully saturated rings. The summed E-state index contributed by atoms with van der Waals surface area (Å²) in [6.07, 6.45) is 2.56. The fraction of sp³-hybridized carbons (Fsp3) is 0.769. The number of aromatic nitrogens is 1. The summed E-state index contributed by atoms with van der Waals surface area (Å²) in [5, 5.41) is 4.02. The second-order valence-corrected chi connectivity index (χ2v) is 5.20. The minimum Gasteiger partial charge on any atom is -0.361 e. The molecule has 4 heteroatoms. The Morgan fingerprint density at radius 2 is 2.24 bits per heavy atom. The molecule has 2 heterocycles. The van der Waals surface area contributed by atoms with E-state index in [2.05, 4.69) is 17.0 Å². The molecular weight excluding hydrogens is 214 g/mol. The molecule has 0 saturated carbocycles. The minimum absolute atomic E-state index is 0.498. The fourth-order valence-corrected chi connectivity index (χ4v) is 2.84. The number of likely N-dealkylation sites (tertiary alicyclic amines) is 1. The molecule has 1 aromatic heterocycles. The van der Waals surface area contributed by atoms with E-state index in [4.69, 9.17) is 10.3 Å². The maximum absolute atomic E-state index is 5.91. The SMILES string of the molecule is Cc1noc(C)c1CN1CCCC(C)C1CN. The van der Waals surface area contributed by atoms with Crippen molar-refractivity contribution < 1.29 is 4.52 Å². The highest BCUT2D eigenvalue weighted by Crippen LogP contribution is 2.25. The van der Waals surface area contributed by atoms with Gasteiger partial charge in [0.2, 0.25) is 0 Å². The van der Waals surface area contributed by atoms with Crippen molar-refractivity contribution in [2.24, 2.45) is 11.7 Å². The molecule has 17 heavy (non-hydrogen) atoms. The van der Waals surface area contributed by atoms with Gasteiger partial charge in [-0.3, -0.25) is 4.90 Å². The predicted octanol–water partition coefficient (Wildman–Crippen LogP) is 1.85. The smallest absolute Gasteiger partial charge is 0.138 e. The molecule has 0 spiro atoms. The number of nitrogens with zero attached hydrogens (tertiary/aromatic N) is 2. The summed E-state index contributed by atoms with van der Waals surface area (Å²) in [7, 11) is 0. The second-order valence-electron chi connectivity index (χ2n) is 5.20. The van der Waals surface area contributed by atoms with E-state index in [1.54, 1.807) is 0 Å². The molecule has 0 aliphatic carbocycles. The van der Waals surface area contributed by atoms with Gasteiger partial charge in [-0.05, 0) is 39.2 Å². The van der Waals surface area contributed by atoms with E-state index in [1.165, 1.54) is 18.4 Å². The van der Waals surface area contributed by atoms with Crippen LogP contribution in [-0.2, 0) is 6.54 Å². The third-order valence-electron chi connectivity index (χ3n) is 4.01. The zero-order valence-corrected chi connectivity index (χ0v) is 11.1. The van der Waals surface area contributed by atoms with Gasteiger partial charge in [0.25, 0.3) is 0 Å². The Hall–Kier alpha value is -0.870. The molecule has 2 unspecified atom stereocenters. The monoisotopic (exact) mass is 237 g/mol. The van der Waals surface area contributed by atoms with E-state index in [0.29, 0.717) is 12.0 Å². The number of aryl methyl sites for hydroxylation is 2. The predicted molar refractivity (Wildman–Crippen MR) is 67.6 cm³/mol. The summed E-state index contributed by atoms with van der Waals surface area (Å²) < 4.78 is 5.22. The summed E-state index contributed by atoms with van der Waals surface area (Å²) in [5.74, 6) is 1.63. The number of piperidine rings is 1. The van der Waals surface area contributed by atoms with Crippen molar-refractivity contribution in [3.05, 3.63) is 17.0 Å². The summed E-state index contributed by atoms with van der Waals surface area (Å²) in [5.41, 5.74) is 8.15. The van der Waals surface area contributed by atoms with E-state index < -0.39 is 0 Å². The first-order valence-corrected chi connectivity index (χ1v) is 6.49. The van der Waals surface area contributed by atoms with Gasteiger partial charge in [-0.2, -0.15) is 0 Å². The molecule has 2 rings (SSSR count). The van der Waals surface area contributed by atoms with Gasteiger partial charge < -0.3 is 10.3 Å². The molecule has 1 aliphatic heterocycles. The lowest BCUT2D eigenvalue weighted by atomic mass is 9.90. The van der Waals surface area contributed by atoms with Crippen molar-refractivity contribution in [2.45, 2.75) is 46.2 Å². The van der Waals surface area contributed by atoms with Crippen LogP contribution < -0.4 is 5.73 Å². The van der Waals surface area contributed by atoms with E-state index in [0.717, 1.165) is 31.1 Å². The highest BCUT2D eigenvalue weighted by Gasteiger charge is 2.28. The Balaban J connectivity index is 2.11. The molecule has 0 amide bonds. The topological polar surface area (TPSA) is 55.3 Å². The van der Waals surface area contributed by atoms with Crippen LogP contribution in [0.1, 0.15) is 36.8 Å². The van der Waals surface area contributed by atoms with Crippen LogP contribution in [0.15, 0.2) is 4.52 Å². The first kappa shape index (κ1) is 12.6. The van der Waals surface area contributed by atoms with Crippen LogP contribution in [0.4, 0.5) is 0 Å². The van der Waals surface area contributed by atoms with Crippen molar-refractivity contribution in [1.29, 1.82) is 0 Å². The van der Waals surface area contributed by atoms with E-state index >= 15 is 0 Å². The van der Waals surface area contributed by atoms with Crippen molar-refractivity contribution in [2.75, 3.05) is 13.1 Å². The van der Waals surface area contributed by atoms with Gasteiger partial charge in [0, 0.05) is 24.7 Å². The quantitative estimate of drug-likeness (QED) is 0.871. The lowest BCUT2D eigenvalue weighted by Gasteiger charge is -2.39. The number of hydrogen-bond acceptors (Lipinski definition) is 4. The van der Waals surface area contributed by atoms with Gasteiger partial charge in [0.1, 0.15) is 5.76 Å². The van der Waals surface area contributed by atoms with Crippen LogP contribution in [0.25, 0.3) is 0 Å². The second kappa shape index (κ2) is 5.19. The van der Waals surface area contributed by atoms with Crippen molar-refractivity contribution in [3.8, 4) is 0 Å². The average Bonchev–Trinajstić information content (AvgIpc) is 2.61. The highest BCUT2D eigenvalue weighted by molar-refractivity contribution is 5.20. The summed E-state index contributed by atoms with van der Waals surface area (Å²) in [6, 6.07) is 0.498. The zero-order chi connectivity index (χ0) is 12.4. The largest absolute Gasteiger partial charge is 0.361 e. The number of hydrogen-bond donors (Lipinski definition) is 1. The molecule has 2 atom stereocenters. The van der Waals surface area contributed by atoms with Crippen LogP contribution >= 0.6 is 0 Å². The van der Waals surface area contributed by atoms with Gasteiger partial charge in [0.05, 0.1) is 5.69 Å². The third kappa shape index (κ3) is 2.53. The van der Waals surface area contributed by atoms with E-state index in [-0.39, 0.29) is 0 Å². The summed E-state index contributed by atoms with van der Waals surface area (Å²) >= 11 is 0. The molecule has 96 valence electrons. The minimum atomic E-state index is 0.498. The van der Waals surface area contributed by atoms with Crippen LogP contribution in [0.5, 0.6) is 0 Å². The summed E-state index contributed by atoms with van der Waals surface area (Å²) in [6.45, 7) is 9.10. The molecule has 0 bridgehead atoms. The third-order valence-corrected chi connectivity index (χ3v) is 4.01. The maximum Gasteiger partial charge on any atom is 0.138 e. The average molecular weight is 237 g/mol. The van der Waals surface area contributed by atoms with Crippen LogP contribution in [0, 0.1) is 19.8 Å². The van der Waals surface area contributed by atoms with Gasteiger partial charge in [-0.15, -0.1) is 0 Å². The van der Waals surface area contributed by atoms with Crippen molar-refractivity contribution >= 4 is 0 Å². The van der Waals surface area contributed by atoms with E-state index in [1.807, 2.05) is 13.8 Å². The molecule has 4 nitrogen and oxygen atoms in total. The Morgan fingerprint density at radius 3 is 2.82 bits per heavy atom. The maximum atomic E-state index is 5.91. The number of nitrogens with two attached hydrogens (primary N) is 1. The first-order valence-electron chi connectivity index (χ1n) is 6.49. The van der Waals surface area contributed by atoms with Gasteiger partial charge in [-0.25, -0.2) is 0 Å².